The van der Waals surface area contributed by atoms with Crippen molar-refractivity contribution >= 4 is 6.09 Å². The van der Waals surface area contributed by atoms with Gasteiger partial charge in [-0.3, -0.25) is 0 Å². The molecule has 1 aliphatic rings. The standard InChI is InChI=1S/C21H22F3NO3/c1-12(2)18(19(26)21(22,23)24)25-20(27)28-11-17-15-9-5-3-7-13(15)14-8-4-6-10-16(14)17/h3-10,12,17-19,26H,11H2,1-2H3,(H,25,27)/t18-,19-/m0/s1. The van der Waals surface area contributed by atoms with Gasteiger partial charge in [0.1, 0.15) is 6.61 Å². The molecule has 1 amide bonds. The number of alkyl halides is 3. The zero-order chi connectivity index (χ0) is 20.5. The van der Waals surface area contributed by atoms with Crippen LogP contribution >= 0.6 is 0 Å². The van der Waals surface area contributed by atoms with Crippen LogP contribution in [0.2, 0.25) is 0 Å². The quantitative estimate of drug-likeness (QED) is 0.788. The summed E-state index contributed by atoms with van der Waals surface area (Å²) in [6.45, 7) is 2.97. The van der Waals surface area contributed by atoms with E-state index in [4.69, 9.17) is 4.74 Å². The lowest BCUT2D eigenvalue weighted by Gasteiger charge is -2.28. The molecule has 1 aliphatic carbocycles. The Hall–Kier alpha value is -2.54. The van der Waals surface area contributed by atoms with Gasteiger partial charge in [0.15, 0.2) is 6.10 Å². The second-order valence-electron chi connectivity index (χ2n) is 7.23. The molecular formula is C21H22F3NO3. The van der Waals surface area contributed by atoms with Gasteiger partial charge >= 0.3 is 12.3 Å². The Morgan fingerprint density at radius 3 is 2.04 bits per heavy atom. The van der Waals surface area contributed by atoms with Crippen LogP contribution < -0.4 is 5.32 Å². The van der Waals surface area contributed by atoms with Gasteiger partial charge in [-0.1, -0.05) is 62.4 Å². The van der Waals surface area contributed by atoms with Crippen molar-refractivity contribution in [2.24, 2.45) is 5.92 Å². The van der Waals surface area contributed by atoms with Crippen LogP contribution in [0.15, 0.2) is 48.5 Å². The van der Waals surface area contributed by atoms with Gasteiger partial charge in [0.05, 0.1) is 6.04 Å². The molecule has 0 saturated heterocycles. The first-order chi connectivity index (χ1) is 13.2. The van der Waals surface area contributed by atoms with Gasteiger partial charge in [-0.2, -0.15) is 13.2 Å². The highest BCUT2D eigenvalue weighted by atomic mass is 19.4. The molecule has 2 aromatic carbocycles. The zero-order valence-electron chi connectivity index (χ0n) is 15.5. The molecule has 0 radical (unpaired) electrons. The number of carbonyl (C=O) groups excluding carboxylic acids is 1. The summed E-state index contributed by atoms with van der Waals surface area (Å²) >= 11 is 0. The molecule has 4 nitrogen and oxygen atoms in total. The molecule has 2 aromatic rings. The van der Waals surface area contributed by atoms with Crippen molar-refractivity contribution in [3.05, 3.63) is 59.7 Å². The van der Waals surface area contributed by atoms with E-state index in [0.29, 0.717) is 0 Å². The minimum Gasteiger partial charge on any atom is -0.449 e. The van der Waals surface area contributed by atoms with Crippen molar-refractivity contribution in [3.63, 3.8) is 0 Å². The van der Waals surface area contributed by atoms with E-state index in [1.165, 1.54) is 13.8 Å². The fraction of sp³-hybridized carbons (Fsp3) is 0.381. The van der Waals surface area contributed by atoms with Crippen molar-refractivity contribution in [3.8, 4) is 11.1 Å². The second kappa shape index (κ2) is 7.83. The van der Waals surface area contributed by atoms with Crippen molar-refractivity contribution in [1.82, 2.24) is 5.32 Å². The number of alkyl carbamates (subject to hydrolysis) is 1. The first-order valence-electron chi connectivity index (χ1n) is 9.06. The number of hydrogen-bond donors (Lipinski definition) is 2. The summed E-state index contributed by atoms with van der Waals surface area (Å²) in [5.74, 6) is -0.819. The summed E-state index contributed by atoms with van der Waals surface area (Å²) in [5, 5.41) is 11.7. The van der Waals surface area contributed by atoms with E-state index in [9.17, 15) is 23.1 Å². The zero-order valence-corrected chi connectivity index (χ0v) is 15.5. The summed E-state index contributed by atoms with van der Waals surface area (Å²) in [6.07, 6.45) is -8.47. The van der Waals surface area contributed by atoms with E-state index in [0.717, 1.165) is 22.3 Å². The molecule has 0 aromatic heterocycles. The normalized spacial score (nSPS) is 15.7. The summed E-state index contributed by atoms with van der Waals surface area (Å²) < 4.78 is 43.7. The van der Waals surface area contributed by atoms with E-state index in [1.807, 2.05) is 48.5 Å². The van der Waals surface area contributed by atoms with E-state index in [1.54, 1.807) is 0 Å². The van der Waals surface area contributed by atoms with Gasteiger partial charge in [-0.05, 0) is 28.2 Å². The molecular weight excluding hydrogens is 371 g/mol. The van der Waals surface area contributed by atoms with Gasteiger partial charge in [0.25, 0.3) is 0 Å². The summed E-state index contributed by atoms with van der Waals surface area (Å²) in [5.41, 5.74) is 4.12. The van der Waals surface area contributed by atoms with Gasteiger partial charge in [0, 0.05) is 5.92 Å². The van der Waals surface area contributed by atoms with Crippen LogP contribution in [0.25, 0.3) is 11.1 Å². The maximum absolute atomic E-state index is 12.8. The third kappa shape index (κ3) is 3.99. The van der Waals surface area contributed by atoms with Crippen LogP contribution in [0.1, 0.15) is 30.9 Å². The Bertz CT molecular complexity index is 805. The molecule has 2 N–H and O–H groups in total. The van der Waals surface area contributed by atoms with E-state index in [-0.39, 0.29) is 12.5 Å². The molecule has 28 heavy (non-hydrogen) atoms. The largest absolute Gasteiger partial charge is 0.449 e. The Labute approximate surface area is 161 Å². The lowest BCUT2D eigenvalue weighted by atomic mass is 9.98. The molecule has 2 atom stereocenters. The fourth-order valence-electron chi connectivity index (χ4n) is 3.59. The summed E-state index contributed by atoms with van der Waals surface area (Å²) in [7, 11) is 0. The van der Waals surface area contributed by atoms with Gasteiger partial charge in [0.2, 0.25) is 0 Å². The minimum atomic E-state index is -4.83. The van der Waals surface area contributed by atoms with Gasteiger partial charge in [-0.25, -0.2) is 4.79 Å². The SMILES string of the molecule is CC(C)[C@H](NC(=O)OCC1c2ccccc2-c2ccccc21)[C@H](O)C(F)(F)F. The highest BCUT2D eigenvalue weighted by molar-refractivity contribution is 5.79. The number of aliphatic hydroxyl groups is 1. The molecule has 0 heterocycles. The number of nitrogens with one attached hydrogen (secondary N) is 1. The van der Waals surface area contributed by atoms with Gasteiger partial charge in [-0.15, -0.1) is 0 Å². The van der Waals surface area contributed by atoms with Crippen LogP contribution in [0.4, 0.5) is 18.0 Å². The number of halogens is 3. The molecule has 0 fully saturated rings. The highest BCUT2D eigenvalue weighted by Gasteiger charge is 2.45. The molecule has 3 rings (SSSR count). The number of ether oxygens (including phenoxy) is 1. The second-order valence-corrected chi connectivity index (χ2v) is 7.23. The lowest BCUT2D eigenvalue weighted by molar-refractivity contribution is -0.214. The predicted octanol–water partition coefficient (Wildman–Crippen LogP) is 4.47. The summed E-state index contributed by atoms with van der Waals surface area (Å²) in [4.78, 5) is 12.2. The average Bonchev–Trinajstić information content (AvgIpc) is 2.97. The summed E-state index contributed by atoms with van der Waals surface area (Å²) in [6, 6.07) is 14.0. The molecule has 150 valence electrons. The predicted molar refractivity (Wildman–Crippen MR) is 98.9 cm³/mol. The molecule has 7 heteroatoms. The number of fused-ring (bicyclic) bond motifs is 3. The molecule has 0 spiro atoms. The maximum atomic E-state index is 12.8. The monoisotopic (exact) mass is 393 g/mol. The third-order valence-corrected chi connectivity index (χ3v) is 5.02. The minimum absolute atomic E-state index is 0.00715. The average molecular weight is 393 g/mol. The van der Waals surface area contributed by atoms with Crippen LogP contribution in [-0.2, 0) is 4.74 Å². The Morgan fingerprint density at radius 1 is 1.07 bits per heavy atom. The molecule has 0 bridgehead atoms. The van der Waals surface area contributed by atoms with E-state index >= 15 is 0 Å². The number of aliphatic hydroxyl groups excluding tert-OH is 1. The first-order valence-corrected chi connectivity index (χ1v) is 9.06. The number of benzene rings is 2. The van der Waals surface area contributed by atoms with Crippen molar-refractivity contribution in [2.75, 3.05) is 6.61 Å². The first kappa shape index (κ1) is 20.2. The fourth-order valence-corrected chi connectivity index (χ4v) is 3.59. The number of amides is 1. The Kier molecular flexibility index (Phi) is 5.65. The van der Waals surface area contributed by atoms with Crippen LogP contribution in [0, 0.1) is 5.92 Å². The molecule has 0 saturated carbocycles. The third-order valence-electron chi connectivity index (χ3n) is 5.02. The number of rotatable bonds is 5. The smallest absolute Gasteiger partial charge is 0.416 e. The highest BCUT2D eigenvalue weighted by Crippen LogP contribution is 2.44. The molecule has 0 unspecified atom stereocenters. The topological polar surface area (TPSA) is 58.6 Å². The van der Waals surface area contributed by atoms with E-state index < -0.39 is 30.3 Å². The van der Waals surface area contributed by atoms with Crippen molar-refractivity contribution in [1.29, 1.82) is 0 Å². The van der Waals surface area contributed by atoms with Crippen LogP contribution in [0.3, 0.4) is 0 Å². The van der Waals surface area contributed by atoms with Crippen LogP contribution in [0.5, 0.6) is 0 Å². The van der Waals surface area contributed by atoms with Gasteiger partial charge < -0.3 is 15.2 Å². The lowest BCUT2D eigenvalue weighted by Crippen LogP contribution is -2.52. The van der Waals surface area contributed by atoms with Crippen LogP contribution in [-0.4, -0.2) is 36.1 Å². The van der Waals surface area contributed by atoms with Crippen molar-refractivity contribution in [2.45, 2.75) is 38.1 Å². The molecule has 0 aliphatic heterocycles. The van der Waals surface area contributed by atoms with E-state index in [2.05, 4.69) is 5.32 Å². The Morgan fingerprint density at radius 2 is 1.57 bits per heavy atom. The number of carbonyl (C=O) groups is 1. The number of hydrogen-bond acceptors (Lipinski definition) is 3. The maximum Gasteiger partial charge on any atom is 0.416 e. The van der Waals surface area contributed by atoms with Crippen molar-refractivity contribution < 1.29 is 27.8 Å². The Balaban J connectivity index is 1.71.